The Morgan fingerprint density at radius 1 is 1.06 bits per heavy atom. The van der Waals surface area contributed by atoms with E-state index in [4.69, 9.17) is 9.47 Å². The third-order valence-corrected chi connectivity index (χ3v) is 3.21. The van der Waals surface area contributed by atoms with Crippen LogP contribution in [0.3, 0.4) is 0 Å². The van der Waals surface area contributed by atoms with E-state index in [0.29, 0.717) is 24.3 Å². The number of hydrogen-bond acceptors (Lipinski definition) is 7. The number of esters is 2. The van der Waals surface area contributed by atoms with Crippen molar-refractivity contribution in [3.05, 3.63) is 0 Å². The Morgan fingerprint density at radius 2 is 1.47 bits per heavy atom. The summed E-state index contributed by atoms with van der Waals surface area (Å²) in [5.74, 6) is 0.390. The van der Waals surface area contributed by atoms with Gasteiger partial charge in [0.15, 0.2) is 0 Å². The Kier molecular flexibility index (Phi) is 11.1. The second-order valence-corrected chi connectivity index (χ2v) is 5.20. The maximum Gasteiger partial charge on any atom is 0.306 e. The molecule has 0 unspecified atom stereocenters. The number of thioether (sulfide) groups is 1. The van der Waals surface area contributed by atoms with E-state index in [2.05, 4.69) is 25.3 Å². The Balaban J connectivity index is 3.76. The zero-order valence-corrected chi connectivity index (χ0v) is 12.4. The second-order valence-electron chi connectivity index (χ2n) is 3.17. The van der Waals surface area contributed by atoms with Gasteiger partial charge in [0.25, 0.3) is 0 Å². The quantitative estimate of drug-likeness (QED) is 0.498. The van der Waals surface area contributed by atoms with Crippen LogP contribution >= 0.6 is 37.0 Å². The Bertz CT molecular complexity index is 214. The molecule has 0 aliphatic rings. The van der Waals surface area contributed by atoms with Gasteiger partial charge in [0.05, 0.1) is 18.1 Å². The average molecular weight is 298 g/mol. The zero-order chi connectivity index (χ0) is 13.1. The van der Waals surface area contributed by atoms with E-state index in [9.17, 15) is 9.59 Å². The SMILES string of the molecule is CSC(COC(=O)CCS)COC(=O)CCS. The molecule has 17 heavy (non-hydrogen) atoms. The fourth-order valence-electron chi connectivity index (χ4n) is 0.883. The lowest BCUT2D eigenvalue weighted by Crippen LogP contribution is -2.23. The molecule has 0 heterocycles. The summed E-state index contributed by atoms with van der Waals surface area (Å²) >= 11 is 9.37. The standard InChI is InChI=1S/C10H18O4S3/c1-17-8(6-13-9(11)2-4-15)7-14-10(12)3-5-16/h8,15-16H,2-7H2,1H3. The van der Waals surface area contributed by atoms with E-state index < -0.39 is 0 Å². The van der Waals surface area contributed by atoms with Crippen molar-refractivity contribution in [1.29, 1.82) is 0 Å². The molecule has 0 radical (unpaired) electrons. The molecule has 0 amide bonds. The molecule has 0 aromatic heterocycles. The number of rotatable bonds is 9. The molecule has 4 nitrogen and oxygen atoms in total. The molecule has 0 spiro atoms. The molecule has 0 aromatic carbocycles. The number of ether oxygens (including phenoxy) is 2. The van der Waals surface area contributed by atoms with Crippen molar-refractivity contribution < 1.29 is 19.1 Å². The molecule has 0 bridgehead atoms. The monoisotopic (exact) mass is 298 g/mol. The number of thiol groups is 2. The summed E-state index contributed by atoms with van der Waals surface area (Å²) in [5.41, 5.74) is 0. The number of carbonyl (C=O) groups is 2. The lowest BCUT2D eigenvalue weighted by Gasteiger charge is -2.14. The van der Waals surface area contributed by atoms with Crippen molar-refractivity contribution >= 4 is 49.0 Å². The summed E-state index contributed by atoms with van der Waals surface area (Å²) in [6.07, 6.45) is 2.47. The maximum atomic E-state index is 11.1. The Morgan fingerprint density at radius 3 is 1.76 bits per heavy atom. The number of carbonyl (C=O) groups excluding carboxylic acids is 2. The van der Waals surface area contributed by atoms with Crippen LogP contribution in [-0.4, -0.2) is 48.2 Å². The van der Waals surface area contributed by atoms with Gasteiger partial charge in [-0.1, -0.05) is 0 Å². The molecule has 7 heteroatoms. The van der Waals surface area contributed by atoms with Crippen LogP contribution in [0, 0.1) is 0 Å². The first-order chi connectivity index (χ1) is 8.13. The van der Waals surface area contributed by atoms with E-state index in [1.165, 1.54) is 11.8 Å². The predicted octanol–water partition coefficient (Wildman–Crippen LogP) is 1.44. The summed E-state index contributed by atoms with van der Waals surface area (Å²) in [6, 6.07) is 0. The van der Waals surface area contributed by atoms with Gasteiger partial charge in [-0.3, -0.25) is 9.59 Å². The minimum absolute atomic E-state index is 0.0252. The van der Waals surface area contributed by atoms with E-state index in [1.807, 2.05) is 6.26 Å². The summed E-state index contributed by atoms with van der Waals surface area (Å²) in [5, 5.41) is -0.0252. The molecule has 0 fully saturated rings. The summed E-state index contributed by atoms with van der Waals surface area (Å²) in [6.45, 7) is 0.504. The maximum absolute atomic E-state index is 11.1. The molecule has 0 saturated carbocycles. The summed E-state index contributed by atoms with van der Waals surface area (Å²) < 4.78 is 10.0. The van der Waals surface area contributed by atoms with Crippen LogP contribution in [0.4, 0.5) is 0 Å². The Labute approximate surface area is 117 Å². The zero-order valence-electron chi connectivity index (χ0n) is 9.76. The minimum Gasteiger partial charge on any atom is -0.464 e. The van der Waals surface area contributed by atoms with Crippen LogP contribution in [0.25, 0.3) is 0 Å². The van der Waals surface area contributed by atoms with Crippen molar-refractivity contribution in [3.63, 3.8) is 0 Å². The van der Waals surface area contributed by atoms with Crippen molar-refractivity contribution in [2.75, 3.05) is 31.0 Å². The third-order valence-electron chi connectivity index (χ3n) is 1.83. The first kappa shape index (κ1) is 17.0. The average Bonchev–Trinajstić information content (AvgIpc) is 2.30. The van der Waals surface area contributed by atoms with Gasteiger partial charge in [-0.05, 0) is 6.26 Å². The topological polar surface area (TPSA) is 52.6 Å². The summed E-state index contributed by atoms with van der Waals surface area (Å²) in [4.78, 5) is 22.2. The first-order valence-electron chi connectivity index (χ1n) is 5.19. The highest BCUT2D eigenvalue weighted by atomic mass is 32.2. The smallest absolute Gasteiger partial charge is 0.306 e. The van der Waals surface area contributed by atoms with Gasteiger partial charge in [0, 0.05) is 11.5 Å². The highest BCUT2D eigenvalue weighted by Gasteiger charge is 2.13. The van der Waals surface area contributed by atoms with E-state index in [-0.39, 0.29) is 30.4 Å². The highest BCUT2D eigenvalue weighted by Crippen LogP contribution is 2.09. The molecule has 0 N–H and O–H groups in total. The summed E-state index contributed by atoms with van der Waals surface area (Å²) in [7, 11) is 0. The van der Waals surface area contributed by atoms with Crippen molar-refractivity contribution in [2.45, 2.75) is 18.1 Å². The molecule has 0 aromatic rings. The van der Waals surface area contributed by atoms with Crippen LogP contribution in [0.5, 0.6) is 0 Å². The van der Waals surface area contributed by atoms with E-state index >= 15 is 0 Å². The molecular weight excluding hydrogens is 280 g/mol. The van der Waals surface area contributed by atoms with Gasteiger partial charge in [0.1, 0.15) is 13.2 Å². The largest absolute Gasteiger partial charge is 0.464 e. The Hall–Kier alpha value is -0.0100. The molecule has 0 saturated heterocycles. The molecule has 0 aliphatic heterocycles. The van der Waals surface area contributed by atoms with Crippen LogP contribution in [0.1, 0.15) is 12.8 Å². The fraction of sp³-hybridized carbons (Fsp3) is 0.800. The molecule has 0 atom stereocenters. The van der Waals surface area contributed by atoms with Crippen molar-refractivity contribution in [2.24, 2.45) is 0 Å². The lowest BCUT2D eigenvalue weighted by molar-refractivity contribution is -0.145. The van der Waals surface area contributed by atoms with E-state index in [0.717, 1.165) is 0 Å². The fourth-order valence-corrected chi connectivity index (χ4v) is 1.66. The van der Waals surface area contributed by atoms with Crippen molar-refractivity contribution in [3.8, 4) is 0 Å². The van der Waals surface area contributed by atoms with E-state index in [1.54, 1.807) is 0 Å². The predicted molar refractivity (Wildman–Crippen MR) is 76.2 cm³/mol. The van der Waals surface area contributed by atoms with Gasteiger partial charge in [-0.15, -0.1) is 0 Å². The molecule has 0 rings (SSSR count). The van der Waals surface area contributed by atoms with Gasteiger partial charge < -0.3 is 9.47 Å². The lowest BCUT2D eigenvalue weighted by atomic mass is 10.4. The van der Waals surface area contributed by atoms with Gasteiger partial charge >= 0.3 is 11.9 Å². The first-order valence-corrected chi connectivity index (χ1v) is 7.75. The van der Waals surface area contributed by atoms with Gasteiger partial charge in [-0.2, -0.15) is 37.0 Å². The van der Waals surface area contributed by atoms with Gasteiger partial charge in [-0.25, -0.2) is 0 Å². The molecular formula is C10H18O4S3. The van der Waals surface area contributed by atoms with Gasteiger partial charge in [0.2, 0.25) is 0 Å². The molecule has 0 aliphatic carbocycles. The van der Waals surface area contributed by atoms with Crippen LogP contribution in [0.15, 0.2) is 0 Å². The minimum atomic E-state index is -0.277. The van der Waals surface area contributed by atoms with Crippen molar-refractivity contribution in [1.82, 2.24) is 0 Å². The third kappa shape index (κ3) is 9.67. The number of hydrogen-bond donors (Lipinski definition) is 2. The van der Waals surface area contributed by atoms with Crippen LogP contribution < -0.4 is 0 Å². The molecule has 100 valence electrons. The normalized spacial score (nSPS) is 10.4. The van der Waals surface area contributed by atoms with Crippen LogP contribution in [0.2, 0.25) is 0 Å². The highest BCUT2D eigenvalue weighted by molar-refractivity contribution is 7.99. The van der Waals surface area contributed by atoms with Crippen LogP contribution in [-0.2, 0) is 19.1 Å². The second kappa shape index (κ2) is 11.1.